The highest BCUT2D eigenvalue weighted by atomic mass is 32.2. The van der Waals surface area contributed by atoms with Crippen molar-refractivity contribution in [1.29, 1.82) is 0 Å². The molecule has 0 amide bonds. The molecule has 3 rings (SSSR count). The van der Waals surface area contributed by atoms with E-state index in [1.807, 2.05) is 6.07 Å². The van der Waals surface area contributed by atoms with Crippen LogP contribution in [-0.4, -0.2) is 15.5 Å². The third kappa shape index (κ3) is 3.09. The maximum Gasteiger partial charge on any atom is 0.339 e. The summed E-state index contributed by atoms with van der Waals surface area (Å²) in [4.78, 5) is 0.212. The zero-order valence-corrected chi connectivity index (χ0v) is 13.2. The molecule has 0 bridgehead atoms. The lowest BCUT2D eigenvalue weighted by Crippen LogP contribution is -2.12. The van der Waals surface area contributed by atoms with Crippen LogP contribution in [0.25, 0.3) is 0 Å². The van der Waals surface area contributed by atoms with Crippen LogP contribution >= 0.6 is 0 Å². The summed E-state index contributed by atoms with van der Waals surface area (Å²) in [5.41, 5.74) is 2.36. The van der Waals surface area contributed by atoms with Gasteiger partial charge in [0.05, 0.1) is 7.11 Å². The lowest BCUT2D eigenvalue weighted by molar-refractivity contribution is 0.413. The topological polar surface area (TPSA) is 52.6 Å². The van der Waals surface area contributed by atoms with Crippen molar-refractivity contribution in [3.05, 3.63) is 53.6 Å². The molecule has 1 aliphatic carbocycles. The average Bonchev–Trinajstić information content (AvgIpc) is 2.55. The average molecular weight is 318 g/mol. The van der Waals surface area contributed by atoms with E-state index < -0.39 is 10.1 Å². The molecule has 4 nitrogen and oxygen atoms in total. The molecule has 0 fully saturated rings. The van der Waals surface area contributed by atoms with Crippen LogP contribution in [0.5, 0.6) is 11.5 Å². The lowest BCUT2D eigenvalue weighted by atomic mass is 9.92. The third-order valence-electron chi connectivity index (χ3n) is 3.87. The molecule has 1 aliphatic rings. The Kier molecular flexibility index (Phi) is 4.07. The fourth-order valence-corrected chi connectivity index (χ4v) is 3.65. The molecule has 5 heteroatoms. The van der Waals surface area contributed by atoms with Crippen molar-refractivity contribution in [2.24, 2.45) is 0 Å². The van der Waals surface area contributed by atoms with Gasteiger partial charge >= 0.3 is 10.1 Å². The smallest absolute Gasteiger partial charge is 0.339 e. The Morgan fingerprint density at radius 1 is 0.864 bits per heavy atom. The summed E-state index contributed by atoms with van der Waals surface area (Å²) >= 11 is 0. The summed E-state index contributed by atoms with van der Waals surface area (Å²) in [5, 5.41) is 0. The van der Waals surface area contributed by atoms with Gasteiger partial charge in [0.25, 0.3) is 0 Å². The molecule has 22 heavy (non-hydrogen) atoms. The van der Waals surface area contributed by atoms with E-state index >= 15 is 0 Å². The zero-order valence-electron chi connectivity index (χ0n) is 12.4. The lowest BCUT2D eigenvalue weighted by Gasteiger charge is -2.16. The number of methoxy groups -OCH3 is 1. The van der Waals surface area contributed by atoms with Crippen LogP contribution in [0.15, 0.2) is 47.4 Å². The fourth-order valence-electron chi connectivity index (χ4n) is 2.67. The van der Waals surface area contributed by atoms with Gasteiger partial charge in [0.1, 0.15) is 16.4 Å². The second-order valence-electron chi connectivity index (χ2n) is 5.35. The number of ether oxygens (including phenoxy) is 1. The van der Waals surface area contributed by atoms with E-state index in [9.17, 15) is 8.42 Å². The number of fused-ring (bicyclic) bond motifs is 1. The van der Waals surface area contributed by atoms with Crippen LogP contribution in [0, 0.1) is 0 Å². The first-order chi connectivity index (χ1) is 10.6. The molecule has 0 saturated heterocycles. The SMILES string of the molecule is COc1ccc(OS(=O)(=O)c2ccc3c(c2)CCCC3)cc1. The molecule has 116 valence electrons. The molecule has 2 aromatic rings. The van der Waals surface area contributed by atoms with Crippen LogP contribution in [0.1, 0.15) is 24.0 Å². The summed E-state index contributed by atoms with van der Waals surface area (Å²) in [6.45, 7) is 0. The van der Waals surface area contributed by atoms with E-state index in [-0.39, 0.29) is 10.6 Å². The van der Waals surface area contributed by atoms with E-state index in [2.05, 4.69) is 0 Å². The van der Waals surface area contributed by atoms with Gasteiger partial charge in [0, 0.05) is 0 Å². The van der Waals surface area contributed by atoms with Gasteiger partial charge in [-0.2, -0.15) is 8.42 Å². The van der Waals surface area contributed by atoms with E-state index in [4.69, 9.17) is 8.92 Å². The summed E-state index contributed by atoms with van der Waals surface area (Å²) in [6, 6.07) is 11.8. The van der Waals surface area contributed by atoms with Crippen molar-refractivity contribution in [3.63, 3.8) is 0 Å². The van der Waals surface area contributed by atoms with Gasteiger partial charge in [-0.1, -0.05) is 6.07 Å². The zero-order chi connectivity index (χ0) is 15.6. The molecule has 0 saturated carbocycles. The van der Waals surface area contributed by atoms with Gasteiger partial charge in [-0.15, -0.1) is 0 Å². The molecule has 0 N–H and O–H groups in total. The van der Waals surface area contributed by atoms with Gasteiger partial charge in [-0.3, -0.25) is 0 Å². The van der Waals surface area contributed by atoms with Gasteiger partial charge in [-0.05, 0) is 73.2 Å². The Labute approximate surface area is 130 Å². The number of rotatable bonds is 4. The van der Waals surface area contributed by atoms with Gasteiger partial charge in [-0.25, -0.2) is 0 Å². The fraction of sp³-hybridized carbons (Fsp3) is 0.294. The molecule has 0 spiro atoms. The first kappa shape index (κ1) is 14.9. The van der Waals surface area contributed by atoms with E-state index in [0.717, 1.165) is 24.8 Å². The number of benzene rings is 2. The highest BCUT2D eigenvalue weighted by Gasteiger charge is 2.19. The molecule has 0 atom stereocenters. The third-order valence-corrected chi connectivity index (χ3v) is 5.12. The van der Waals surface area contributed by atoms with Crippen molar-refractivity contribution >= 4 is 10.1 Å². The summed E-state index contributed by atoms with van der Waals surface area (Å²) < 4.78 is 35.0. The maximum absolute atomic E-state index is 12.4. The van der Waals surface area contributed by atoms with Crippen LogP contribution < -0.4 is 8.92 Å². The molecule has 0 unspecified atom stereocenters. The monoisotopic (exact) mass is 318 g/mol. The second-order valence-corrected chi connectivity index (χ2v) is 6.90. The molecule has 0 aliphatic heterocycles. The van der Waals surface area contributed by atoms with E-state index in [0.29, 0.717) is 5.75 Å². The van der Waals surface area contributed by atoms with Crippen molar-refractivity contribution < 1.29 is 17.3 Å². The molecular formula is C17H18O4S. The number of hydrogen-bond donors (Lipinski definition) is 0. The quantitative estimate of drug-likeness (QED) is 0.811. The van der Waals surface area contributed by atoms with Gasteiger partial charge in [0.15, 0.2) is 0 Å². The summed E-state index contributed by atoms with van der Waals surface area (Å²) in [7, 11) is -2.25. The Hall–Kier alpha value is -2.01. The van der Waals surface area contributed by atoms with Crippen LogP contribution in [0.3, 0.4) is 0 Å². The maximum atomic E-state index is 12.4. The summed E-state index contributed by atoms with van der Waals surface area (Å²) in [6.07, 6.45) is 4.23. The van der Waals surface area contributed by atoms with E-state index in [1.165, 1.54) is 12.0 Å². The van der Waals surface area contributed by atoms with Crippen molar-refractivity contribution in [3.8, 4) is 11.5 Å². The van der Waals surface area contributed by atoms with Gasteiger partial charge in [0.2, 0.25) is 0 Å². The first-order valence-corrected chi connectivity index (χ1v) is 8.70. The Morgan fingerprint density at radius 2 is 1.50 bits per heavy atom. The van der Waals surface area contributed by atoms with Crippen molar-refractivity contribution in [1.82, 2.24) is 0 Å². The minimum Gasteiger partial charge on any atom is -0.497 e. The second kappa shape index (κ2) is 6.01. The molecule has 2 aromatic carbocycles. The minimum atomic E-state index is -3.81. The Morgan fingerprint density at radius 3 is 2.18 bits per heavy atom. The van der Waals surface area contributed by atoms with Crippen molar-refractivity contribution in [2.45, 2.75) is 30.6 Å². The Bertz CT molecular complexity index is 764. The summed E-state index contributed by atoms with van der Waals surface area (Å²) in [5.74, 6) is 0.928. The predicted molar refractivity (Wildman–Crippen MR) is 83.9 cm³/mol. The van der Waals surface area contributed by atoms with Crippen LogP contribution in [0.2, 0.25) is 0 Å². The van der Waals surface area contributed by atoms with Gasteiger partial charge < -0.3 is 8.92 Å². The van der Waals surface area contributed by atoms with Crippen LogP contribution in [-0.2, 0) is 23.0 Å². The van der Waals surface area contributed by atoms with E-state index in [1.54, 1.807) is 43.5 Å². The van der Waals surface area contributed by atoms with Crippen LogP contribution in [0.4, 0.5) is 0 Å². The predicted octanol–water partition coefficient (Wildman–Crippen LogP) is 3.34. The standard InChI is InChI=1S/C17H18O4S/c1-20-15-7-9-16(10-8-15)21-22(18,19)17-11-6-13-4-2-3-5-14(13)12-17/h6-12H,2-5H2,1H3. The molecule has 0 heterocycles. The normalized spacial score (nSPS) is 14.2. The number of aryl methyl sites for hydroxylation is 2. The molecule has 0 aromatic heterocycles. The Balaban J connectivity index is 1.85. The minimum absolute atomic E-state index is 0.212. The molecule has 0 radical (unpaired) electrons. The molecular weight excluding hydrogens is 300 g/mol. The highest BCUT2D eigenvalue weighted by Crippen LogP contribution is 2.26. The highest BCUT2D eigenvalue weighted by molar-refractivity contribution is 7.87. The largest absolute Gasteiger partial charge is 0.497 e. The number of hydrogen-bond acceptors (Lipinski definition) is 4. The van der Waals surface area contributed by atoms with Crippen molar-refractivity contribution in [2.75, 3.05) is 7.11 Å². The first-order valence-electron chi connectivity index (χ1n) is 7.29.